The third-order valence-corrected chi connectivity index (χ3v) is 3.19. The smallest absolute Gasteiger partial charge is 0.410 e. The van der Waals surface area contributed by atoms with Crippen LogP contribution < -0.4 is 5.32 Å². The van der Waals surface area contributed by atoms with Crippen LogP contribution in [0.1, 0.15) is 33.0 Å². The molecule has 112 valence electrons. The first-order chi connectivity index (χ1) is 9.35. The molecule has 0 bridgehead atoms. The van der Waals surface area contributed by atoms with Crippen molar-refractivity contribution in [1.82, 2.24) is 25.0 Å². The van der Waals surface area contributed by atoms with Crippen molar-refractivity contribution in [3.05, 3.63) is 12.2 Å². The number of aromatic nitrogens is 3. The van der Waals surface area contributed by atoms with E-state index in [1.165, 1.54) is 0 Å². The van der Waals surface area contributed by atoms with Crippen LogP contribution in [0.2, 0.25) is 0 Å². The quantitative estimate of drug-likeness (QED) is 0.891. The minimum absolute atomic E-state index is 0.236. The van der Waals surface area contributed by atoms with E-state index in [0.717, 1.165) is 18.8 Å². The van der Waals surface area contributed by atoms with Gasteiger partial charge in [0.25, 0.3) is 0 Å². The van der Waals surface area contributed by atoms with Crippen LogP contribution in [0.5, 0.6) is 0 Å². The van der Waals surface area contributed by atoms with Crippen molar-refractivity contribution < 1.29 is 9.53 Å². The second-order valence-electron chi connectivity index (χ2n) is 6.15. The van der Waals surface area contributed by atoms with Gasteiger partial charge in [-0.2, -0.15) is 0 Å². The molecule has 1 N–H and O–H groups in total. The van der Waals surface area contributed by atoms with Crippen molar-refractivity contribution in [2.45, 2.75) is 45.4 Å². The van der Waals surface area contributed by atoms with E-state index in [1.54, 1.807) is 11.2 Å². The topological polar surface area (TPSA) is 72.3 Å². The Hall–Kier alpha value is -1.63. The fraction of sp³-hybridized carbons (Fsp3) is 0.769. The summed E-state index contributed by atoms with van der Waals surface area (Å²) in [7, 11) is 1.92. The van der Waals surface area contributed by atoms with Crippen molar-refractivity contribution in [2.24, 2.45) is 7.05 Å². The van der Waals surface area contributed by atoms with Crippen LogP contribution in [0.3, 0.4) is 0 Å². The molecule has 1 fully saturated rings. The molecule has 0 radical (unpaired) electrons. The molecule has 0 aliphatic carbocycles. The molecular formula is C13H23N5O2. The van der Waals surface area contributed by atoms with Gasteiger partial charge in [-0.3, -0.25) is 0 Å². The zero-order chi connectivity index (χ0) is 14.8. The van der Waals surface area contributed by atoms with Crippen LogP contribution in [-0.4, -0.2) is 50.5 Å². The molecule has 1 aromatic heterocycles. The number of carbonyl (C=O) groups is 1. The highest BCUT2D eigenvalue weighted by Gasteiger charge is 2.29. The van der Waals surface area contributed by atoms with Gasteiger partial charge in [-0.25, -0.2) is 4.79 Å². The SMILES string of the molecule is Cn1cnnc1CNC1CCN(C(=O)OC(C)(C)C)C1. The fourth-order valence-electron chi connectivity index (χ4n) is 2.12. The molecule has 1 saturated heterocycles. The molecule has 20 heavy (non-hydrogen) atoms. The van der Waals surface area contributed by atoms with E-state index >= 15 is 0 Å². The number of ether oxygens (including phenoxy) is 1. The second kappa shape index (κ2) is 5.78. The van der Waals surface area contributed by atoms with Crippen LogP contribution >= 0.6 is 0 Å². The predicted octanol–water partition coefficient (Wildman–Crippen LogP) is 0.914. The zero-order valence-electron chi connectivity index (χ0n) is 12.6. The molecular weight excluding hydrogens is 258 g/mol. The molecule has 7 heteroatoms. The van der Waals surface area contributed by atoms with Crippen LogP contribution in [0, 0.1) is 0 Å². The molecule has 1 aromatic rings. The summed E-state index contributed by atoms with van der Waals surface area (Å²) >= 11 is 0. The number of hydrogen-bond acceptors (Lipinski definition) is 5. The standard InChI is InChI=1S/C13H23N5O2/c1-13(2,3)20-12(19)18-6-5-10(8-18)14-7-11-16-15-9-17(11)4/h9-10,14H,5-8H2,1-4H3. The molecule has 1 aliphatic rings. The third-order valence-electron chi connectivity index (χ3n) is 3.19. The lowest BCUT2D eigenvalue weighted by Gasteiger charge is -2.24. The van der Waals surface area contributed by atoms with E-state index in [9.17, 15) is 4.79 Å². The average Bonchev–Trinajstić information content (AvgIpc) is 2.93. The number of amides is 1. The van der Waals surface area contributed by atoms with E-state index in [-0.39, 0.29) is 12.1 Å². The van der Waals surface area contributed by atoms with Crippen LogP contribution in [0.15, 0.2) is 6.33 Å². The molecule has 1 aliphatic heterocycles. The lowest BCUT2D eigenvalue weighted by atomic mass is 10.2. The van der Waals surface area contributed by atoms with Gasteiger partial charge >= 0.3 is 6.09 Å². The number of carbonyl (C=O) groups excluding carboxylic acids is 1. The summed E-state index contributed by atoms with van der Waals surface area (Å²) in [5.74, 6) is 0.890. The Labute approximate surface area is 119 Å². The van der Waals surface area contributed by atoms with E-state index in [4.69, 9.17) is 4.74 Å². The van der Waals surface area contributed by atoms with Gasteiger partial charge in [0.15, 0.2) is 0 Å². The molecule has 0 spiro atoms. The van der Waals surface area contributed by atoms with Gasteiger partial charge in [-0.15, -0.1) is 10.2 Å². The van der Waals surface area contributed by atoms with Crippen molar-refractivity contribution in [1.29, 1.82) is 0 Å². The van der Waals surface area contributed by atoms with Gasteiger partial charge in [0.2, 0.25) is 0 Å². The van der Waals surface area contributed by atoms with Crippen molar-refractivity contribution in [3.63, 3.8) is 0 Å². The van der Waals surface area contributed by atoms with Gasteiger partial charge in [0.1, 0.15) is 17.8 Å². The Morgan fingerprint density at radius 2 is 2.30 bits per heavy atom. The minimum atomic E-state index is -0.443. The van der Waals surface area contributed by atoms with Crippen LogP contribution in [0.4, 0.5) is 4.79 Å². The van der Waals surface area contributed by atoms with E-state index < -0.39 is 5.60 Å². The fourth-order valence-corrected chi connectivity index (χ4v) is 2.12. The van der Waals surface area contributed by atoms with Gasteiger partial charge < -0.3 is 19.5 Å². The average molecular weight is 281 g/mol. The largest absolute Gasteiger partial charge is 0.444 e. The summed E-state index contributed by atoms with van der Waals surface area (Å²) in [6.45, 7) is 7.70. The number of aryl methyl sites for hydroxylation is 1. The molecule has 1 amide bonds. The summed E-state index contributed by atoms with van der Waals surface area (Å²) in [5.41, 5.74) is -0.443. The molecule has 1 atom stereocenters. The molecule has 7 nitrogen and oxygen atoms in total. The molecule has 1 unspecified atom stereocenters. The Kier molecular flexibility index (Phi) is 4.27. The molecule has 0 saturated carbocycles. The first-order valence-electron chi connectivity index (χ1n) is 6.89. The summed E-state index contributed by atoms with van der Waals surface area (Å²) in [5, 5.41) is 11.3. The number of nitrogens with zero attached hydrogens (tertiary/aromatic N) is 4. The maximum Gasteiger partial charge on any atom is 0.410 e. The lowest BCUT2D eigenvalue weighted by molar-refractivity contribution is 0.0291. The Morgan fingerprint density at radius 1 is 1.55 bits per heavy atom. The van der Waals surface area contributed by atoms with Gasteiger partial charge in [-0.05, 0) is 27.2 Å². The summed E-state index contributed by atoms with van der Waals surface area (Å²) in [6, 6.07) is 0.277. The number of nitrogens with one attached hydrogen (secondary N) is 1. The Morgan fingerprint density at radius 3 is 2.90 bits per heavy atom. The number of hydrogen-bond donors (Lipinski definition) is 1. The maximum absolute atomic E-state index is 11.9. The van der Waals surface area contributed by atoms with E-state index in [0.29, 0.717) is 13.1 Å². The second-order valence-corrected chi connectivity index (χ2v) is 6.15. The van der Waals surface area contributed by atoms with Gasteiger partial charge in [0.05, 0.1) is 6.54 Å². The zero-order valence-corrected chi connectivity index (χ0v) is 12.6. The Bertz CT molecular complexity index is 466. The minimum Gasteiger partial charge on any atom is -0.444 e. The molecule has 0 aromatic carbocycles. The van der Waals surface area contributed by atoms with E-state index in [1.807, 2.05) is 32.4 Å². The van der Waals surface area contributed by atoms with E-state index in [2.05, 4.69) is 15.5 Å². The highest BCUT2D eigenvalue weighted by atomic mass is 16.6. The maximum atomic E-state index is 11.9. The monoisotopic (exact) mass is 281 g/mol. The van der Waals surface area contributed by atoms with Crippen molar-refractivity contribution in [2.75, 3.05) is 13.1 Å². The summed E-state index contributed by atoms with van der Waals surface area (Å²) in [4.78, 5) is 13.7. The first-order valence-corrected chi connectivity index (χ1v) is 6.89. The highest BCUT2D eigenvalue weighted by Crippen LogP contribution is 2.15. The van der Waals surface area contributed by atoms with Crippen LogP contribution in [0.25, 0.3) is 0 Å². The lowest BCUT2D eigenvalue weighted by Crippen LogP contribution is -2.38. The third kappa shape index (κ3) is 3.93. The first kappa shape index (κ1) is 14.8. The highest BCUT2D eigenvalue weighted by molar-refractivity contribution is 5.68. The Balaban J connectivity index is 1.78. The molecule has 2 rings (SSSR count). The van der Waals surface area contributed by atoms with Crippen molar-refractivity contribution >= 4 is 6.09 Å². The number of rotatable bonds is 3. The summed E-state index contributed by atoms with van der Waals surface area (Å²) in [6.07, 6.45) is 2.37. The van der Waals surface area contributed by atoms with Gasteiger partial charge in [0, 0.05) is 26.2 Å². The van der Waals surface area contributed by atoms with Crippen LogP contribution in [-0.2, 0) is 18.3 Å². The van der Waals surface area contributed by atoms with Crippen molar-refractivity contribution in [3.8, 4) is 0 Å². The summed E-state index contributed by atoms with van der Waals surface area (Å²) < 4.78 is 7.25. The predicted molar refractivity (Wildman–Crippen MR) is 74.1 cm³/mol. The number of likely N-dealkylation sites (tertiary alicyclic amines) is 1. The normalized spacial score (nSPS) is 19.4. The molecule has 2 heterocycles. The van der Waals surface area contributed by atoms with Gasteiger partial charge in [-0.1, -0.05) is 0 Å².